The lowest BCUT2D eigenvalue weighted by Crippen LogP contribution is -2.32. The fourth-order valence-corrected chi connectivity index (χ4v) is 2.13. The Hall–Kier alpha value is -1.86. The number of hydrogen-bond acceptors (Lipinski definition) is 3. The second kappa shape index (κ2) is 6.06. The monoisotopic (exact) mass is 284 g/mol. The van der Waals surface area contributed by atoms with E-state index >= 15 is 0 Å². The van der Waals surface area contributed by atoms with Crippen molar-refractivity contribution in [3.05, 3.63) is 53.4 Å². The van der Waals surface area contributed by atoms with Crippen molar-refractivity contribution in [2.24, 2.45) is 5.84 Å². The molecule has 2 rings (SSSR count). The van der Waals surface area contributed by atoms with E-state index in [-0.39, 0.29) is 5.56 Å². The van der Waals surface area contributed by atoms with Gasteiger partial charge in [-0.3, -0.25) is 5.84 Å². The Morgan fingerprint density at radius 2 is 1.95 bits per heavy atom. The highest BCUT2D eigenvalue weighted by molar-refractivity contribution is 5.29. The predicted octanol–water partition coefficient (Wildman–Crippen LogP) is 2.26. The molecule has 20 heavy (non-hydrogen) atoms. The summed E-state index contributed by atoms with van der Waals surface area (Å²) in [5.41, 5.74) is 1.99. The molecule has 0 radical (unpaired) electrons. The first-order valence-corrected chi connectivity index (χ1v) is 6.20. The second-order valence-corrected chi connectivity index (χ2v) is 4.36. The van der Waals surface area contributed by atoms with E-state index in [1.165, 1.54) is 6.20 Å². The van der Waals surface area contributed by atoms with Crippen LogP contribution in [0.15, 0.2) is 24.5 Å². The summed E-state index contributed by atoms with van der Waals surface area (Å²) in [5, 5.41) is 0. The number of hydrazine groups is 1. The minimum atomic E-state index is -1.00. The van der Waals surface area contributed by atoms with Crippen molar-refractivity contribution < 1.29 is 13.2 Å². The third-order valence-electron chi connectivity index (χ3n) is 2.97. The predicted molar refractivity (Wildman–Crippen MR) is 68.0 cm³/mol. The van der Waals surface area contributed by atoms with Crippen molar-refractivity contribution in [2.75, 3.05) is 0 Å². The number of benzene rings is 1. The van der Waals surface area contributed by atoms with E-state index < -0.39 is 23.5 Å². The van der Waals surface area contributed by atoms with Gasteiger partial charge in [0.05, 0.1) is 0 Å². The minimum Gasteiger partial charge on any atom is -0.333 e. The molecule has 0 aliphatic carbocycles. The van der Waals surface area contributed by atoms with Gasteiger partial charge in [0.25, 0.3) is 0 Å². The van der Waals surface area contributed by atoms with Gasteiger partial charge in [-0.1, -0.05) is 6.92 Å². The van der Waals surface area contributed by atoms with Crippen molar-refractivity contribution in [3.63, 3.8) is 0 Å². The highest BCUT2D eigenvalue weighted by Gasteiger charge is 2.25. The van der Waals surface area contributed by atoms with Crippen molar-refractivity contribution in [1.82, 2.24) is 15.0 Å². The minimum absolute atomic E-state index is 0.350. The van der Waals surface area contributed by atoms with Crippen LogP contribution in [0, 0.1) is 17.5 Å². The molecule has 1 unspecified atom stereocenters. The number of halogens is 3. The van der Waals surface area contributed by atoms with Crippen LogP contribution >= 0.6 is 0 Å². The van der Waals surface area contributed by atoms with Crippen LogP contribution in [0.4, 0.5) is 13.2 Å². The molecule has 0 spiro atoms. The number of aryl methyl sites for hydroxylation is 1. The van der Waals surface area contributed by atoms with Gasteiger partial charge >= 0.3 is 0 Å². The summed E-state index contributed by atoms with van der Waals surface area (Å²) in [6.07, 6.45) is 4.05. The summed E-state index contributed by atoms with van der Waals surface area (Å²) < 4.78 is 42.4. The zero-order chi connectivity index (χ0) is 14.7. The zero-order valence-corrected chi connectivity index (χ0v) is 10.9. The molecule has 0 aliphatic heterocycles. The quantitative estimate of drug-likeness (QED) is 0.654. The van der Waals surface area contributed by atoms with E-state index in [0.29, 0.717) is 24.5 Å². The number of aromatic nitrogens is 2. The first-order valence-electron chi connectivity index (χ1n) is 6.20. The van der Waals surface area contributed by atoms with Gasteiger partial charge in [0, 0.05) is 36.6 Å². The third kappa shape index (κ3) is 2.68. The molecule has 1 atom stereocenters. The van der Waals surface area contributed by atoms with Crippen LogP contribution in [0.2, 0.25) is 0 Å². The molecule has 1 heterocycles. The summed E-state index contributed by atoms with van der Waals surface area (Å²) in [7, 11) is 0. The second-order valence-electron chi connectivity index (χ2n) is 4.36. The molecule has 1 aromatic carbocycles. The Labute approximate surface area is 114 Å². The molecule has 2 aromatic rings. The van der Waals surface area contributed by atoms with Crippen molar-refractivity contribution in [2.45, 2.75) is 25.9 Å². The van der Waals surface area contributed by atoms with E-state index in [1.807, 2.05) is 6.92 Å². The number of imidazole rings is 1. The van der Waals surface area contributed by atoms with Gasteiger partial charge in [-0.15, -0.1) is 0 Å². The first-order chi connectivity index (χ1) is 9.58. The van der Waals surface area contributed by atoms with Crippen LogP contribution in [0.25, 0.3) is 0 Å². The Morgan fingerprint density at radius 1 is 1.30 bits per heavy atom. The highest BCUT2D eigenvalue weighted by atomic mass is 19.1. The number of nitrogens with two attached hydrogens (primary N) is 1. The van der Waals surface area contributed by atoms with E-state index in [9.17, 15) is 13.2 Å². The zero-order valence-electron chi connectivity index (χ0n) is 10.9. The van der Waals surface area contributed by atoms with Crippen molar-refractivity contribution >= 4 is 0 Å². The lowest BCUT2D eigenvalue weighted by molar-refractivity contribution is 0.470. The molecular weight excluding hydrogens is 269 g/mol. The van der Waals surface area contributed by atoms with E-state index in [0.717, 1.165) is 6.42 Å². The van der Waals surface area contributed by atoms with Crippen LogP contribution in [-0.2, 0) is 6.54 Å². The maximum absolute atomic E-state index is 13.8. The number of hydrogen-bond donors (Lipinski definition) is 2. The molecule has 1 aromatic heterocycles. The summed E-state index contributed by atoms with van der Waals surface area (Å²) in [5.74, 6) is 2.80. The molecule has 108 valence electrons. The van der Waals surface area contributed by atoms with Crippen LogP contribution in [-0.4, -0.2) is 9.55 Å². The molecule has 0 fully saturated rings. The Balaban J connectivity index is 2.50. The Kier molecular flexibility index (Phi) is 4.41. The van der Waals surface area contributed by atoms with Crippen LogP contribution < -0.4 is 11.3 Å². The summed E-state index contributed by atoms with van der Waals surface area (Å²) in [6.45, 7) is 2.60. The largest absolute Gasteiger partial charge is 0.333 e. The summed E-state index contributed by atoms with van der Waals surface area (Å²) in [6, 6.07) is 0.253. The molecule has 7 heteroatoms. The molecule has 0 amide bonds. The topological polar surface area (TPSA) is 55.9 Å². The van der Waals surface area contributed by atoms with Gasteiger partial charge in [-0.25, -0.2) is 23.6 Å². The fraction of sp³-hybridized carbons (Fsp3) is 0.308. The maximum atomic E-state index is 13.8. The van der Waals surface area contributed by atoms with Crippen LogP contribution in [0.3, 0.4) is 0 Å². The lowest BCUT2D eigenvalue weighted by Gasteiger charge is -2.19. The van der Waals surface area contributed by atoms with Crippen molar-refractivity contribution in [3.8, 4) is 0 Å². The normalized spacial score (nSPS) is 12.7. The fourth-order valence-electron chi connectivity index (χ4n) is 2.13. The summed E-state index contributed by atoms with van der Waals surface area (Å²) in [4.78, 5) is 4.08. The Morgan fingerprint density at radius 3 is 2.50 bits per heavy atom. The molecule has 0 aliphatic rings. The molecular formula is C13H15F3N4. The average molecular weight is 284 g/mol. The van der Waals surface area contributed by atoms with E-state index in [4.69, 9.17) is 5.84 Å². The Bertz CT molecular complexity index is 574. The van der Waals surface area contributed by atoms with Gasteiger partial charge in [0.1, 0.15) is 29.3 Å². The molecule has 4 nitrogen and oxygen atoms in total. The van der Waals surface area contributed by atoms with Gasteiger partial charge in [-0.05, 0) is 6.42 Å². The SMILES string of the molecule is CCCn1ccnc1C(NN)c1c(F)cc(F)cc1F. The highest BCUT2D eigenvalue weighted by Crippen LogP contribution is 2.26. The van der Waals surface area contributed by atoms with E-state index in [1.54, 1.807) is 10.8 Å². The standard InChI is InChI=1S/C13H15F3N4/c1-2-4-20-5-3-18-13(20)12(19-17)11-9(15)6-8(14)7-10(11)16/h3,5-7,12,19H,2,4,17H2,1H3. The molecule has 3 N–H and O–H groups in total. The van der Waals surface area contributed by atoms with Crippen LogP contribution in [0.1, 0.15) is 30.8 Å². The van der Waals surface area contributed by atoms with Crippen molar-refractivity contribution in [1.29, 1.82) is 0 Å². The maximum Gasteiger partial charge on any atom is 0.134 e. The first kappa shape index (κ1) is 14.5. The third-order valence-corrected chi connectivity index (χ3v) is 2.97. The molecule has 0 saturated heterocycles. The smallest absolute Gasteiger partial charge is 0.134 e. The van der Waals surface area contributed by atoms with Crippen LogP contribution in [0.5, 0.6) is 0 Å². The van der Waals surface area contributed by atoms with Gasteiger partial charge in [0.15, 0.2) is 0 Å². The number of rotatable bonds is 5. The number of nitrogens with one attached hydrogen (secondary N) is 1. The van der Waals surface area contributed by atoms with Gasteiger partial charge in [-0.2, -0.15) is 0 Å². The molecule has 0 saturated carbocycles. The summed E-state index contributed by atoms with van der Waals surface area (Å²) >= 11 is 0. The average Bonchev–Trinajstić information content (AvgIpc) is 2.82. The molecule has 0 bridgehead atoms. The lowest BCUT2D eigenvalue weighted by atomic mass is 10.0. The van der Waals surface area contributed by atoms with E-state index in [2.05, 4.69) is 10.4 Å². The van der Waals surface area contributed by atoms with Gasteiger partial charge in [0.2, 0.25) is 0 Å². The number of nitrogens with zero attached hydrogens (tertiary/aromatic N) is 2. The van der Waals surface area contributed by atoms with Gasteiger partial charge < -0.3 is 4.57 Å².